The minimum atomic E-state index is 0.396. The smallest absolute Gasteiger partial charge is 0.164 e. The summed E-state index contributed by atoms with van der Waals surface area (Å²) in [5, 5.41) is 7.46. The molecule has 1 aliphatic heterocycles. The van der Waals surface area contributed by atoms with Crippen LogP contribution in [0.25, 0.3) is 150 Å². The Morgan fingerprint density at radius 2 is 0.681 bits per heavy atom. The Morgan fingerprint density at radius 3 is 1.31 bits per heavy atom. The topological polar surface area (TPSA) is 56.7 Å². The van der Waals surface area contributed by atoms with Gasteiger partial charge in [-0.1, -0.05) is 219 Å². The van der Waals surface area contributed by atoms with Crippen LogP contribution in [0.4, 0.5) is 11.4 Å². The van der Waals surface area contributed by atoms with Crippen molar-refractivity contribution in [3.8, 4) is 84.6 Å². The van der Waals surface area contributed by atoms with Crippen LogP contribution in [0.2, 0.25) is 0 Å². The fraction of sp³-hybridized carbons (Fsp3) is 0.0690. The van der Waals surface area contributed by atoms with Crippen molar-refractivity contribution in [2.45, 2.75) is 37.6 Å². The average Bonchev–Trinajstić information content (AvgIpc) is 1.60. The van der Waals surface area contributed by atoms with Gasteiger partial charge in [-0.05, 0) is 149 Å². The molecule has 0 spiro atoms. The molecule has 13 aromatic carbocycles. The molecule has 17 aromatic rings. The Morgan fingerprint density at radius 1 is 0.255 bits per heavy atom. The number of rotatable bonds is 10. The van der Waals surface area contributed by atoms with E-state index in [-0.39, 0.29) is 0 Å². The molecule has 444 valence electrons. The molecular formula is C87H61N7. The number of aromatic nitrogens is 6. The van der Waals surface area contributed by atoms with Crippen molar-refractivity contribution in [3.63, 3.8) is 0 Å². The zero-order chi connectivity index (χ0) is 61.8. The van der Waals surface area contributed by atoms with Crippen molar-refractivity contribution in [2.24, 2.45) is 0 Å². The van der Waals surface area contributed by atoms with Gasteiger partial charge < -0.3 is 18.6 Å². The fourth-order valence-electron chi connectivity index (χ4n) is 15.8. The van der Waals surface area contributed by atoms with Crippen LogP contribution in [0.1, 0.15) is 37.2 Å². The van der Waals surface area contributed by atoms with Crippen molar-refractivity contribution in [1.82, 2.24) is 28.7 Å². The number of fused-ring (bicyclic) bond motifs is 12. The highest BCUT2D eigenvalue weighted by molar-refractivity contribution is 6.12. The number of anilines is 2. The van der Waals surface area contributed by atoms with Crippen LogP contribution < -0.4 is 4.90 Å². The molecule has 2 aliphatic rings. The van der Waals surface area contributed by atoms with Crippen molar-refractivity contribution in [2.75, 3.05) is 4.90 Å². The van der Waals surface area contributed by atoms with Crippen LogP contribution in [-0.2, 0) is 0 Å². The Bertz CT molecular complexity index is 5710. The normalized spacial score (nSPS) is 14.6. The standard InChI is InChI=1S/C87H61N7/c1-3-20-58(21-4-1)85-88-86(90-87(89-85)63-22-19-25-66(52-63)93-76-32-13-7-26-67(76)68-27-8-14-33-77(68)93)59-40-38-56(39-41-59)60-44-49-82(94-80-36-17-9-28-69(80)70-29-10-18-37-81(70)94)73(53-60)57-42-47-65(48-43-57)92-79-35-16-12-31-72(79)75-55-62(46-51-84(75)92)61-45-50-83-74(54-61)71-30-11-15-34-78(71)91(83)64-23-5-2-6-24-64/h1-11,13-15,17-30,32-34,36-55,72,79H,12,16,31,35H2/t72-,79?/m1/s1. The summed E-state index contributed by atoms with van der Waals surface area (Å²) >= 11 is 0. The first-order chi connectivity index (χ1) is 46.6. The van der Waals surface area contributed by atoms with Gasteiger partial charge in [0.05, 0.1) is 38.8 Å². The molecule has 0 saturated heterocycles. The predicted octanol–water partition coefficient (Wildman–Crippen LogP) is 22.3. The maximum Gasteiger partial charge on any atom is 0.164 e. The summed E-state index contributed by atoms with van der Waals surface area (Å²) in [7, 11) is 0. The van der Waals surface area contributed by atoms with Gasteiger partial charge in [0, 0.05) is 89.3 Å². The second-order valence-corrected chi connectivity index (χ2v) is 25.3. The molecule has 0 radical (unpaired) electrons. The van der Waals surface area contributed by atoms with Crippen LogP contribution in [0.5, 0.6) is 0 Å². The SMILES string of the molecule is c1ccc(-c2nc(-c3ccc(-c4ccc(-n5c6ccccc6c6ccccc65)c(-c5ccc(N6c7ccc(-c8ccc9c(c8)c8ccccc8n9-c8ccccc8)cc7[C@H]7CCCCC76)cc5)c4)cc3)nc(-c3cccc(-n4c5ccccc5c5ccccc54)c3)n2)cc1. The van der Waals surface area contributed by atoms with E-state index in [9.17, 15) is 0 Å². The highest BCUT2D eigenvalue weighted by atomic mass is 15.2. The second-order valence-electron chi connectivity index (χ2n) is 25.3. The van der Waals surface area contributed by atoms with E-state index in [0.29, 0.717) is 29.4 Å². The van der Waals surface area contributed by atoms with E-state index in [0.717, 1.165) is 61.4 Å². The second kappa shape index (κ2) is 21.9. The van der Waals surface area contributed by atoms with E-state index in [4.69, 9.17) is 15.0 Å². The van der Waals surface area contributed by atoms with Crippen LogP contribution in [-0.4, -0.2) is 34.7 Å². The molecule has 4 aromatic heterocycles. The first kappa shape index (κ1) is 53.9. The molecule has 0 N–H and O–H groups in total. The summed E-state index contributed by atoms with van der Waals surface area (Å²) < 4.78 is 7.20. The van der Waals surface area contributed by atoms with Gasteiger partial charge in [0.25, 0.3) is 0 Å². The van der Waals surface area contributed by atoms with Crippen molar-refractivity contribution in [1.29, 1.82) is 0 Å². The summed E-state index contributed by atoms with van der Waals surface area (Å²) in [5.41, 5.74) is 24.3. The third kappa shape index (κ3) is 8.76. The minimum Gasteiger partial charge on any atom is -0.338 e. The summed E-state index contributed by atoms with van der Waals surface area (Å²) in [6, 6.07) is 113. The number of hydrogen-bond acceptors (Lipinski definition) is 4. The van der Waals surface area contributed by atoms with E-state index < -0.39 is 0 Å². The lowest BCUT2D eigenvalue weighted by Crippen LogP contribution is -2.32. The summed E-state index contributed by atoms with van der Waals surface area (Å²) in [4.78, 5) is 18.3. The maximum atomic E-state index is 5.27. The number of nitrogens with zero attached hydrogens (tertiary/aromatic N) is 7. The van der Waals surface area contributed by atoms with E-state index in [1.54, 1.807) is 0 Å². The quantitative estimate of drug-likeness (QED) is 0.137. The number of benzene rings is 13. The van der Waals surface area contributed by atoms with E-state index in [1.807, 2.05) is 18.2 Å². The van der Waals surface area contributed by atoms with Gasteiger partial charge >= 0.3 is 0 Å². The fourth-order valence-corrected chi connectivity index (χ4v) is 15.8. The van der Waals surface area contributed by atoms with Crippen molar-refractivity contribution >= 4 is 76.8 Å². The lowest BCUT2D eigenvalue weighted by atomic mass is 9.82. The third-order valence-electron chi connectivity index (χ3n) is 20.1. The van der Waals surface area contributed by atoms with E-state index in [2.05, 4.69) is 310 Å². The first-order valence-electron chi connectivity index (χ1n) is 32.9. The summed E-state index contributed by atoms with van der Waals surface area (Å²) in [6.45, 7) is 0. The monoisotopic (exact) mass is 1200 g/mol. The minimum absolute atomic E-state index is 0.396. The molecule has 1 aliphatic carbocycles. The third-order valence-corrected chi connectivity index (χ3v) is 20.1. The highest BCUT2D eigenvalue weighted by Crippen LogP contribution is 2.53. The zero-order valence-corrected chi connectivity index (χ0v) is 51.6. The lowest BCUT2D eigenvalue weighted by Gasteiger charge is -2.33. The van der Waals surface area contributed by atoms with Crippen molar-refractivity contribution < 1.29 is 0 Å². The van der Waals surface area contributed by atoms with Gasteiger partial charge in [-0.25, -0.2) is 15.0 Å². The molecule has 1 unspecified atom stereocenters. The molecule has 5 heterocycles. The maximum absolute atomic E-state index is 5.27. The number of para-hydroxylation sites is 6. The summed E-state index contributed by atoms with van der Waals surface area (Å²) in [5.74, 6) is 2.31. The van der Waals surface area contributed by atoms with Crippen LogP contribution in [0.15, 0.2) is 309 Å². The Kier molecular flexibility index (Phi) is 12.5. The molecule has 0 amide bonds. The largest absolute Gasteiger partial charge is 0.338 e. The Balaban J connectivity index is 0.689. The highest BCUT2D eigenvalue weighted by Gasteiger charge is 2.41. The molecule has 1 fully saturated rings. The number of hydrogen-bond donors (Lipinski definition) is 0. The summed E-state index contributed by atoms with van der Waals surface area (Å²) in [6.07, 6.45) is 4.85. The molecule has 94 heavy (non-hydrogen) atoms. The van der Waals surface area contributed by atoms with Gasteiger partial charge in [0.1, 0.15) is 0 Å². The molecule has 0 bridgehead atoms. The zero-order valence-electron chi connectivity index (χ0n) is 51.6. The Labute approximate surface area is 544 Å². The van der Waals surface area contributed by atoms with Crippen LogP contribution in [0, 0.1) is 0 Å². The average molecular weight is 1200 g/mol. The van der Waals surface area contributed by atoms with Gasteiger partial charge in [0.15, 0.2) is 17.5 Å². The first-order valence-corrected chi connectivity index (χ1v) is 32.9. The van der Waals surface area contributed by atoms with Crippen LogP contribution in [0.3, 0.4) is 0 Å². The molecule has 2 atom stereocenters. The van der Waals surface area contributed by atoms with E-state index in [1.165, 1.54) is 114 Å². The lowest BCUT2D eigenvalue weighted by molar-refractivity contribution is 0.402. The molecule has 7 nitrogen and oxygen atoms in total. The Hall–Kier alpha value is -11.9. The van der Waals surface area contributed by atoms with Gasteiger partial charge in [-0.15, -0.1) is 0 Å². The van der Waals surface area contributed by atoms with Crippen molar-refractivity contribution in [3.05, 3.63) is 315 Å². The van der Waals surface area contributed by atoms with E-state index >= 15 is 0 Å². The predicted molar refractivity (Wildman–Crippen MR) is 389 cm³/mol. The van der Waals surface area contributed by atoms with Crippen LogP contribution >= 0.6 is 0 Å². The molecule has 19 rings (SSSR count). The molecule has 7 heteroatoms. The van der Waals surface area contributed by atoms with Gasteiger partial charge in [-0.2, -0.15) is 0 Å². The molecular weight excluding hydrogens is 1140 g/mol. The van der Waals surface area contributed by atoms with Gasteiger partial charge in [0.2, 0.25) is 0 Å². The van der Waals surface area contributed by atoms with Gasteiger partial charge in [-0.3, -0.25) is 0 Å². The molecule has 1 saturated carbocycles.